The van der Waals surface area contributed by atoms with Crippen LogP contribution >= 0.6 is 10.8 Å². The minimum absolute atomic E-state index is 0.558. The van der Waals surface area contributed by atoms with Crippen LogP contribution in [0.3, 0.4) is 0 Å². The van der Waals surface area contributed by atoms with Crippen molar-refractivity contribution in [3.63, 3.8) is 0 Å². The zero-order valence-corrected chi connectivity index (χ0v) is 8.96. The lowest BCUT2D eigenvalue weighted by Gasteiger charge is -2.28. The van der Waals surface area contributed by atoms with Gasteiger partial charge in [-0.1, -0.05) is 30.1 Å². The van der Waals surface area contributed by atoms with E-state index in [1.807, 2.05) is 0 Å². The predicted octanol–water partition coefficient (Wildman–Crippen LogP) is 2.59. The quantitative estimate of drug-likeness (QED) is 0.564. The van der Waals surface area contributed by atoms with E-state index in [4.69, 9.17) is 0 Å². The third-order valence-corrected chi connectivity index (χ3v) is 6.23. The van der Waals surface area contributed by atoms with Gasteiger partial charge in [-0.05, 0) is 24.7 Å². The molecule has 2 aliphatic rings. The molecule has 1 aliphatic heterocycles. The zero-order valence-electron chi connectivity index (χ0n) is 7.33. The molecule has 1 saturated heterocycles. The first kappa shape index (κ1) is 9.07. The van der Waals surface area contributed by atoms with Gasteiger partial charge in [0.15, 0.2) is 0 Å². The second-order valence-electron chi connectivity index (χ2n) is 3.89. The van der Waals surface area contributed by atoms with E-state index >= 15 is 0 Å². The maximum atomic E-state index is 11.3. The van der Waals surface area contributed by atoms with Crippen LogP contribution < -0.4 is 0 Å². The molecule has 2 fully saturated rings. The fraction of sp³-hybridized carbons (Fsp3) is 1.00. The predicted molar refractivity (Wildman–Crippen MR) is 55.5 cm³/mol. The monoisotopic (exact) mass is 204 g/mol. The van der Waals surface area contributed by atoms with E-state index in [2.05, 4.69) is 0 Å². The molecule has 0 bridgehead atoms. The summed E-state index contributed by atoms with van der Waals surface area (Å²) in [6.07, 6.45) is 6.86. The van der Waals surface area contributed by atoms with E-state index in [0.29, 0.717) is 0 Å². The molecule has 2 rings (SSSR count). The van der Waals surface area contributed by atoms with E-state index < -0.39 is 9.83 Å². The Kier molecular flexibility index (Phi) is 3.13. The molecule has 1 aliphatic carbocycles. The Hall–Kier alpha value is 0.500. The molecule has 1 nitrogen and oxygen atoms in total. The van der Waals surface area contributed by atoms with Gasteiger partial charge in [-0.25, -0.2) is 4.21 Å². The molecule has 3 atom stereocenters. The summed E-state index contributed by atoms with van der Waals surface area (Å²) in [4.78, 5) is 0. The summed E-state index contributed by atoms with van der Waals surface area (Å²) in [6.45, 7) is 0. The fourth-order valence-electron chi connectivity index (χ4n) is 2.35. The Morgan fingerprint density at radius 2 is 1.83 bits per heavy atom. The van der Waals surface area contributed by atoms with Crippen LogP contribution in [0.4, 0.5) is 0 Å². The van der Waals surface area contributed by atoms with E-state index in [-0.39, 0.29) is 0 Å². The first-order valence-electron chi connectivity index (χ1n) is 4.88. The first-order chi connectivity index (χ1) is 5.86. The molecular weight excluding hydrogens is 188 g/mol. The Morgan fingerprint density at radius 3 is 2.67 bits per heavy atom. The summed E-state index contributed by atoms with van der Waals surface area (Å²) in [6, 6.07) is 0. The number of fused-ring (bicyclic) bond motifs is 1. The molecule has 0 aromatic heterocycles. The van der Waals surface area contributed by atoms with Crippen molar-refractivity contribution in [3.05, 3.63) is 0 Å². The van der Waals surface area contributed by atoms with E-state index in [0.717, 1.165) is 23.3 Å². The normalized spacial score (nSPS) is 43.2. The van der Waals surface area contributed by atoms with E-state index in [1.165, 1.54) is 32.1 Å². The van der Waals surface area contributed by atoms with Crippen molar-refractivity contribution >= 4 is 20.6 Å². The molecule has 0 aromatic carbocycles. The molecule has 1 saturated carbocycles. The van der Waals surface area contributed by atoms with Gasteiger partial charge < -0.3 is 0 Å². The van der Waals surface area contributed by atoms with Crippen LogP contribution in [0.2, 0.25) is 0 Å². The van der Waals surface area contributed by atoms with Crippen LogP contribution in [0.25, 0.3) is 0 Å². The highest BCUT2D eigenvalue weighted by Crippen LogP contribution is 2.37. The highest BCUT2D eigenvalue weighted by Gasteiger charge is 2.28. The molecule has 0 radical (unpaired) electrons. The minimum Gasteiger partial charge on any atom is -0.248 e. The van der Waals surface area contributed by atoms with Gasteiger partial charge >= 0.3 is 0 Å². The Labute approximate surface area is 80.5 Å². The lowest BCUT2D eigenvalue weighted by molar-refractivity contribution is 0.256. The van der Waals surface area contributed by atoms with E-state index in [1.54, 1.807) is 10.8 Å². The largest absolute Gasteiger partial charge is 0.248 e. The highest BCUT2D eigenvalue weighted by molar-refractivity contribution is 8.69. The standard InChI is InChI=1S/C9H16OS2/c10-12-6-5-8-3-1-2-4-9(8)7-11-12/h8-9H,1-7H2. The van der Waals surface area contributed by atoms with Crippen LogP contribution in [-0.4, -0.2) is 15.7 Å². The Bertz CT molecular complexity index is 163. The van der Waals surface area contributed by atoms with Gasteiger partial charge in [0.05, 0.1) is 9.83 Å². The molecule has 0 amide bonds. The second-order valence-corrected chi connectivity index (χ2v) is 7.29. The zero-order chi connectivity index (χ0) is 8.39. The molecule has 1 heterocycles. The van der Waals surface area contributed by atoms with Crippen molar-refractivity contribution in [2.45, 2.75) is 32.1 Å². The van der Waals surface area contributed by atoms with Crippen molar-refractivity contribution in [1.82, 2.24) is 0 Å². The fourth-order valence-corrected chi connectivity index (χ4v) is 5.35. The van der Waals surface area contributed by atoms with Gasteiger partial charge in [0.1, 0.15) is 0 Å². The average Bonchev–Trinajstić information content (AvgIpc) is 2.29. The second kappa shape index (κ2) is 4.14. The molecule has 0 N–H and O–H groups in total. The van der Waals surface area contributed by atoms with Gasteiger partial charge in [-0.15, -0.1) is 0 Å². The maximum absolute atomic E-state index is 11.3. The SMILES string of the molecule is O=S1CCC2CCCCC2CS1. The minimum atomic E-state index is -0.558. The summed E-state index contributed by atoms with van der Waals surface area (Å²) in [5.41, 5.74) is 0. The van der Waals surface area contributed by atoms with E-state index in [9.17, 15) is 4.21 Å². The molecule has 0 spiro atoms. The summed E-state index contributed by atoms with van der Waals surface area (Å²) in [5.74, 6) is 3.93. The first-order valence-corrected chi connectivity index (χ1v) is 7.70. The smallest absolute Gasteiger partial charge is 0.0804 e. The van der Waals surface area contributed by atoms with Crippen molar-refractivity contribution in [3.8, 4) is 0 Å². The molecule has 0 aromatic rings. The molecule has 12 heavy (non-hydrogen) atoms. The average molecular weight is 204 g/mol. The van der Waals surface area contributed by atoms with Gasteiger partial charge in [0.25, 0.3) is 0 Å². The van der Waals surface area contributed by atoms with Crippen LogP contribution in [0, 0.1) is 11.8 Å². The molecular formula is C9H16OS2. The van der Waals surface area contributed by atoms with Crippen molar-refractivity contribution in [2.24, 2.45) is 11.8 Å². The number of hydrogen-bond acceptors (Lipinski definition) is 2. The van der Waals surface area contributed by atoms with Crippen molar-refractivity contribution in [1.29, 1.82) is 0 Å². The van der Waals surface area contributed by atoms with Crippen LogP contribution in [0.15, 0.2) is 0 Å². The lowest BCUT2D eigenvalue weighted by Crippen LogP contribution is -2.20. The van der Waals surface area contributed by atoms with Crippen LogP contribution in [-0.2, 0) is 9.83 Å². The molecule has 3 heteroatoms. The third kappa shape index (κ3) is 2.05. The Balaban J connectivity index is 1.98. The summed E-state index contributed by atoms with van der Waals surface area (Å²) in [7, 11) is 1.14. The van der Waals surface area contributed by atoms with Crippen molar-refractivity contribution < 1.29 is 4.21 Å². The Morgan fingerprint density at radius 1 is 1.08 bits per heavy atom. The van der Waals surface area contributed by atoms with Crippen LogP contribution in [0.5, 0.6) is 0 Å². The summed E-state index contributed by atoms with van der Waals surface area (Å²) < 4.78 is 11.3. The van der Waals surface area contributed by atoms with Gasteiger partial charge in [-0.3, -0.25) is 0 Å². The van der Waals surface area contributed by atoms with Gasteiger partial charge in [0.2, 0.25) is 0 Å². The third-order valence-electron chi connectivity index (χ3n) is 3.14. The number of hydrogen-bond donors (Lipinski definition) is 0. The summed E-state index contributed by atoms with van der Waals surface area (Å²) >= 11 is 0. The maximum Gasteiger partial charge on any atom is 0.0804 e. The summed E-state index contributed by atoms with van der Waals surface area (Å²) in [5, 5.41) is 0. The lowest BCUT2D eigenvalue weighted by atomic mass is 9.79. The van der Waals surface area contributed by atoms with Gasteiger partial charge in [0, 0.05) is 11.5 Å². The number of rotatable bonds is 0. The van der Waals surface area contributed by atoms with Gasteiger partial charge in [-0.2, -0.15) is 0 Å². The molecule has 70 valence electrons. The van der Waals surface area contributed by atoms with Crippen LogP contribution in [0.1, 0.15) is 32.1 Å². The van der Waals surface area contributed by atoms with Crippen molar-refractivity contribution in [2.75, 3.05) is 11.5 Å². The molecule has 3 unspecified atom stereocenters. The highest BCUT2D eigenvalue weighted by atomic mass is 33.1. The topological polar surface area (TPSA) is 17.1 Å².